The lowest BCUT2D eigenvalue weighted by atomic mass is 9.49. The van der Waals surface area contributed by atoms with E-state index in [-0.39, 0.29) is 47.3 Å². The van der Waals surface area contributed by atoms with E-state index in [0.29, 0.717) is 18.9 Å². The van der Waals surface area contributed by atoms with Crippen molar-refractivity contribution in [2.75, 3.05) is 19.4 Å². The molecule has 7 atom stereocenters. The van der Waals surface area contributed by atoms with E-state index < -0.39 is 10.1 Å². The lowest BCUT2D eigenvalue weighted by Gasteiger charge is -2.56. The second-order valence-corrected chi connectivity index (χ2v) is 12.2. The van der Waals surface area contributed by atoms with E-state index in [9.17, 15) is 13.2 Å². The zero-order chi connectivity index (χ0) is 23.7. The van der Waals surface area contributed by atoms with Crippen LogP contribution in [0.25, 0.3) is 10.4 Å². The molecular weight excluding hydrogens is 430 g/mol. The summed E-state index contributed by atoms with van der Waals surface area (Å²) in [6, 6.07) is 0. The molecule has 0 aromatic carbocycles. The first kappa shape index (κ1) is 25.1. The predicted molar refractivity (Wildman–Crippen MR) is 122 cm³/mol. The van der Waals surface area contributed by atoms with Crippen molar-refractivity contribution >= 4 is 16.1 Å². The van der Waals surface area contributed by atoms with Gasteiger partial charge in [-0.3, -0.25) is 8.98 Å². The molecule has 0 aliphatic heterocycles. The highest BCUT2D eigenvalue weighted by Gasteiger charge is 2.56. The van der Waals surface area contributed by atoms with Gasteiger partial charge in [-0.2, -0.15) is 8.42 Å². The number of hydrogen-bond donors (Lipinski definition) is 0. The Labute approximate surface area is 191 Å². The molecule has 0 radical (unpaired) electrons. The van der Waals surface area contributed by atoms with Gasteiger partial charge < -0.3 is 4.74 Å². The van der Waals surface area contributed by atoms with Gasteiger partial charge in [-0.1, -0.05) is 31.1 Å². The normalized spacial score (nSPS) is 39.8. The number of allylic oxidation sites excluding steroid dienone is 1. The smallest absolute Gasteiger partial charge is 0.302 e. The molecule has 0 bridgehead atoms. The molecule has 0 N–H and O–H groups in total. The molecular formula is C23H37N3O5S. The van der Waals surface area contributed by atoms with Crippen LogP contribution in [0.3, 0.4) is 0 Å². The molecule has 3 fully saturated rings. The minimum absolute atomic E-state index is 0.0657. The van der Waals surface area contributed by atoms with Gasteiger partial charge in [0.25, 0.3) is 10.1 Å². The standard InChI is InChI=1S/C23H37N3O5S/c1-15-6-7-20-19(13-25-26-24)21(9-11-22(15,20)3)23(4)10-8-18(31-16(2)27)12-17(23)14-30-32(5,28)29/h17-21H,1,6-14H2,2-5H3/t17-,18+,19+,20+,21+,22-,23+/m1/s1. The SMILES string of the molecule is C=C1CC[C@H]2[C@H](CN=[N+]=[N-])[C@@H]([C@@]3(C)CC[C@H](OC(C)=O)C[C@@H]3COS(C)(=O)=O)CC[C@]12C. The predicted octanol–water partition coefficient (Wildman–Crippen LogP) is 5.01. The van der Waals surface area contributed by atoms with Crippen LogP contribution in [0.2, 0.25) is 0 Å². The summed E-state index contributed by atoms with van der Waals surface area (Å²) in [5.41, 5.74) is 10.2. The lowest BCUT2D eigenvalue weighted by molar-refractivity contribution is -0.154. The Hall–Kier alpha value is -1.57. The molecule has 0 aromatic rings. The van der Waals surface area contributed by atoms with Gasteiger partial charge in [0.1, 0.15) is 6.10 Å². The van der Waals surface area contributed by atoms with Crippen molar-refractivity contribution in [1.29, 1.82) is 0 Å². The Morgan fingerprint density at radius 1 is 1.25 bits per heavy atom. The van der Waals surface area contributed by atoms with Crippen LogP contribution in [0.4, 0.5) is 0 Å². The fraction of sp³-hybridized carbons (Fsp3) is 0.870. The minimum Gasteiger partial charge on any atom is -0.463 e. The van der Waals surface area contributed by atoms with Gasteiger partial charge >= 0.3 is 5.97 Å². The first-order chi connectivity index (χ1) is 14.9. The maximum Gasteiger partial charge on any atom is 0.302 e. The molecule has 32 heavy (non-hydrogen) atoms. The van der Waals surface area contributed by atoms with E-state index in [1.807, 2.05) is 0 Å². The Kier molecular flexibility index (Phi) is 7.32. The average molecular weight is 468 g/mol. The molecule has 0 saturated heterocycles. The van der Waals surface area contributed by atoms with Crippen LogP contribution in [0.5, 0.6) is 0 Å². The molecule has 3 saturated carbocycles. The van der Waals surface area contributed by atoms with Gasteiger partial charge in [-0.15, -0.1) is 0 Å². The zero-order valence-corrected chi connectivity index (χ0v) is 20.6. The van der Waals surface area contributed by atoms with Crippen LogP contribution in [0, 0.1) is 34.5 Å². The minimum atomic E-state index is -3.59. The first-order valence-corrected chi connectivity index (χ1v) is 13.4. The zero-order valence-electron chi connectivity index (χ0n) is 19.7. The summed E-state index contributed by atoms with van der Waals surface area (Å²) >= 11 is 0. The van der Waals surface area contributed by atoms with E-state index in [1.165, 1.54) is 12.5 Å². The van der Waals surface area contributed by atoms with Crippen LogP contribution in [0.15, 0.2) is 17.3 Å². The Bertz CT molecular complexity index is 899. The maximum absolute atomic E-state index is 11.8. The highest BCUT2D eigenvalue weighted by atomic mass is 32.2. The molecule has 0 spiro atoms. The summed E-state index contributed by atoms with van der Waals surface area (Å²) in [6.07, 6.45) is 7.03. The van der Waals surface area contributed by atoms with Crippen LogP contribution in [-0.2, 0) is 23.8 Å². The monoisotopic (exact) mass is 467 g/mol. The summed E-state index contributed by atoms with van der Waals surface area (Å²) in [4.78, 5) is 14.6. The summed E-state index contributed by atoms with van der Waals surface area (Å²) < 4.78 is 34.4. The highest BCUT2D eigenvalue weighted by Crippen LogP contribution is 2.63. The van der Waals surface area contributed by atoms with Crippen LogP contribution >= 0.6 is 0 Å². The van der Waals surface area contributed by atoms with Gasteiger partial charge in [-0.05, 0) is 85.0 Å². The number of ether oxygens (including phenoxy) is 1. The Morgan fingerprint density at radius 2 is 1.97 bits per heavy atom. The largest absolute Gasteiger partial charge is 0.463 e. The molecule has 0 amide bonds. The fourth-order valence-electron chi connectivity index (χ4n) is 7.07. The van der Waals surface area contributed by atoms with Crippen LogP contribution in [-0.4, -0.2) is 39.9 Å². The number of hydrogen-bond acceptors (Lipinski definition) is 6. The Balaban J connectivity index is 1.93. The number of nitrogens with zero attached hydrogens (tertiary/aromatic N) is 3. The van der Waals surface area contributed by atoms with E-state index in [4.69, 9.17) is 14.5 Å². The quantitative estimate of drug-likeness (QED) is 0.130. The molecule has 3 rings (SSSR count). The molecule has 180 valence electrons. The summed E-state index contributed by atoms with van der Waals surface area (Å²) in [7, 11) is -3.59. The van der Waals surface area contributed by atoms with E-state index in [1.54, 1.807) is 0 Å². The molecule has 0 heterocycles. The average Bonchev–Trinajstić information content (AvgIpc) is 3.00. The second-order valence-electron chi connectivity index (χ2n) is 10.6. The number of rotatable bonds is 7. The summed E-state index contributed by atoms with van der Waals surface area (Å²) in [5.74, 6) is 0.477. The van der Waals surface area contributed by atoms with Crippen molar-refractivity contribution in [1.82, 2.24) is 0 Å². The second kappa shape index (κ2) is 9.35. The molecule has 3 aliphatic rings. The first-order valence-electron chi connectivity index (χ1n) is 11.6. The molecule has 8 nitrogen and oxygen atoms in total. The third-order valence-corrected chi connectivity index (χ3v) is 9.46. The summed E-state index contributed by atoms with van der Waals surface area (Å²) in [5, 5.41) is 4.01. The van der Waals surface area contributed by atoms with Crippen LogP contribution in [0.1, 0.15) is 65.7 Å². The third-order valence-electron chi connectivity index (χ3n) is 8.90. The van der Waals surface area contributed by atoms with Crippen molar-refractivity contribution in [2.45, 2.75) is 71.8 Å². The van der Waals surface area contributed by atoms with Gasteiger partial charge in [0.15, 0.2) is 0 Å². The van der Waals surface area contributed by atoms with E-state index in [0.717, 1.165) is 44.8 Å². The molecule has 0 aromatic heterocycles. The van der Waals surface area contributed by atoms with Crippen molar-refractivity contribution in [3.05, 3.63) is 22.6 Å². The van der Waals surface area contributed by atoms with Gasteiger partial charge in [0, 0.05) is 18.4 Å². The third kappa shape index (κ3) is 5.00. The Morgan fingerprint density at radius 3 is 2.59 bits per heavy atom. The number of fused-ring (bicyclic) bond motifs is 1. The van der Waals surface area contributed by atoms with E-state index >= 15 is 0 Å². The molecule has 0 unspecified atom stereocenters. The number of azide groups is 1. The lowest BCUT2D eigenvalue weighted by Crippen LogP contribution is -2.52. The van der Waals surface area contributed by atoms with Crippen molar-refractivity contribution in [3.63, 3.8) is 0 Å². The molecule has 9 heteroatoms. The topological polar surface area (TPSA) is 118 Å². The van der Waals surface area contributed by atoms with Crippen molar-refractivity contribution in [3.8, 4) is 0 Å². The number of carbonyl (C=O) groups is 1. The molecule has 3 aliphatic carbocycles. The maximum atomic E-state index is 11.8. The summed E-state index contributed by atoms with van der Waals surface area (Å²) in [6.45, 7) is 10.8. The number of carbonyl (C=O) groups excluding carboxylic acids is 1. The van der Waals surface area contributed by atoms with Crippen molar-refractivity contribution < 1.29 is 22.1 Å². The highest BCUT2D eigenvalue weighted by molar-refractivity contribution is 7.85. The van der Waals surface area contributed by atoms with E-state index in [2.05, 4.69) is 30.5 Å². The van der Waals surface area contributed by atoms with Gasteiger partial charge in [0.05, 0.1) is 12.9 Å². The van der Waals surface area contributed by atoms with Crippen LogP contribution < -0.4 is 0 Å². The number of esters is 1. The van der Waals surface area contributed by atoms with Gasteiger partial charge in [-0.25, -0.2) is 0 Å². The fourth-order valence-corrected chi connectivity index (χ4v) is 7.48. The van der Waals surface area contributed by atoms with Crippen molar-refractivity contribution in [2.24, 2.45) is 39.6 Å². The van der Waals surface area contributed by atoms with Gasteiger partial charge in [0.2, 0.25) is 0 Å².